The van der Waals surface area contributed by atoms with Crippen LogP contribution in [0.3, 0.4) is 0 Å². The van der Waals surface area contributed by atoms with Crippen LogP contribution < -0.4 is 11.1 Å². The van der Waals surface area contributed by atoms with Crippen molar-refractivity contribution in [3.63, 3.8) is 0 Å². The molecule has 2 fully saturated rings. The van der Waals surface area contributed by atoms with Gasteiger partial charge in [0, 0.05) is 12.1 Å². The summed E-state index contributed by atoms with van der Waals surface area (Å²) in [6.07, 6.45) is 12.4. The lowest BCUT2D eigenvalue weighted by Crippen LogP contribution is -2.27. The van der Waals surface area contributed by atoms with Crippen molar-refractivity contribution in [2.75, 3.05) is 6.54 Å². The minimum atomic E-state index is 0.512. The molecule has 2 unspecified atom stereocenters. The van der Waals surface area contributed by atoms with E-state index in [1.54, 1.807) is 0 Å². The summed E-state index contributed by atoms with van der Waals surface area (Å²) >= 11 is 0. The lowest BCUT2D eigenvalue weighted by atomic mass is 10.0. The maximum absolute atomic E-state index is 5.91. The minimum absolute atomic E-state index is 0.512. The Bertz CT molecular complexity index is 175. The van der Waals surface area contributed by atoms with E-state index in [1.165, 1.54) is 64.3 Å². The average Bonchev–Trinajstić information content (AvgIpc) is 2.84. The Morgan fingerprint density at radius 1 is 1.07 bits per heavy atom. The van der Waals surface area contributed by atoms with Crippen molar-refractivity contribution in [1.29, 1.82) is 0 Å². The van der Waals surface area contributed by atoms with E-state index in [4.69, 9.17) is 5.73 Å². The average molecular weight is 210 g/mol. The Morgan fingerprint density at radius 3 is 2.53 bits per heavy atom. The van der Waals surface area contributed by atoms with E-state index in [2.05, 4.69) is 5.32 Å². The lowest BCUT2D eigenvalue weighted by molar-refractivity contribution is 0.442. The monoisotopic (exact) mass is 210 g/mol. The topological polar surface area (TPSA) is 38.0 Å². The summed E-state index contributed by atoms with van der Waals surface area (Å²) in [7, 11) is 0. The highest BCUT2D eigenvalue weighted by molar-refractivity contribution is 4.78. The van der Waals surface area contributed by atoms with Gasteiger partial charge in [-0.25, -0.2) is 0 Å². The van der Waals surface area contributed by atoms with Gasteiger partial charge >= 0.3 is 0 Å². The van der Waals surface area contributed by atoms with Crippen LogP contribution in [0, 0.1) is 5.92 Å². The minimum Gasteiger partial charge on any atom is -0.328 e. The molecular formula is C13H26N2. The van der Waals surface area contributed by atoms with Gasteiger partial charge in [0.1, 0.15) is 0 Å². The van der Waals surface area contributed by atoms with Crippen molar-refractivity contribution < 1.29 is 0 Å². The molecule has 2 nitrogen and oxygen atoms in total. The van der Waals surface area contributed by atoms with Gasteiger partial charge in [0.05, 0.1) is 0 Å². The van der Waals surface area contributed by atoms with Gasteiger partial charge in [0.15, 0.2) is 0 Å². The Labute approximate surface area is 94.0 Å². The third-order valence-electron chi connectivity index (χ3n) is 4.16. The Kier molecular flexibility index (Phi) is 4.45. The molecule has 0 aliphatic heterocycles. The van der Waals surface area contributed by atoms with Crippen LogP contribution in [0.2, 0.25) is 0 Å². The molecule has 88 valence electrons. The first-order valence-corrected chi connectivity index (χ1v) is 6.83. The van der Waals surface area contributed by atoms with Crippen molar-refractivity contribution in [3.8, 4) is 0 Å². The van der Waals surface area contributed by atoms with Gasteiger partial charge in [-0.15, -0.1) is 0 Å². The second-order valence-electron chi connectivity index (χ2n) is 5.52. The first kappa shape index (κ1) is 11.4. The van der Waals surface area contributed by atoms with Crippen molar-refractivity contribution in [1.82, 2.24) is 5.32 Å². The molecule has 2 heteroatoms. The summed E-state index contributed by atoms with van der Waals surface area (Å²) in [6.45, 7) is 1.23. The molecule has 0 saturated heterocycles. The standard InChI is InChI=1S/C13H26N2/c14-12-8-7-11(10-12)4-3-9-15-13-5-1-2-6-13/h11-13,15H,1-10,14H2. The van der Waals surface area contributed by atoms with E-state index in [9.17, 15) is 0 Å². The predicted molar refractivity (Wildman–Crippen MR) is 64.8 cm³/mol. The number of rotatable bonds is 5. The summed E-state index contributed by atoms with van der Waals surface area (Å²) < 4.78 is 0. The number of nitrogens with one attached hydrogen (secondary N) is 1. The molecule has 2 atom stereocenters. The van der Waals surface area contributed by atoms with E-state index in [0.29, 0.717) is 6.04 Å². The SMILES string of the molecule is NC1CCC(CCCNC2CCCC2)C1. The smallest absolute Gasteiger partial charge is 0.00670 e. The van der Waals surface area contributed by atoms with Gasteiger partial charge in [-0.05, 0) is 57.4 Å². The molecule has 0 radical (unpaired) electrons. The van der Waals surface area contributed by atoms with E-state index < -0.39 is 0 Å². The van der Waals surface area contributed by atoms with Crippen LogP contribution in [0.1, 0.15) is 57.8 Å². The molecule has 3 N–H and O–H groups in total. The quantitative estimate of drug-likeness (QED) is 0.684. The molecule has 0 heterocycles. The molecule has 2 rings (SSSR count). The summed E-state index contributed by atoms with van der Waals surface area (Å²) in [5.41, 5.74) is 5.91. The number of nitrogens with two attached hydrogens (primary N) is 1. The molecule has 0 aromatic heterocycles. The van der Waals surface area contributed by atoms with E-state index in [0.717, 1.165) is 12.0 Å². The highest BCUT2D eigenvalue weighted by Crippen LogP contribution is 2.27. The third-order valence-corrected chi connectivity index (χ3v) is 4.16. The fourth-order valence-electron chi connectivity index (χ4n) is 3.20. The van der Waals surface area contributed by atoms with Gasteiger partial charge in [0.25, 0.3) is 0 Å². The van der Waals surface area contributed by atoms with Gasteiger partial charge in [-0.2, -0.15) is 0 Å². The molecule has 2 aliphatic rings. The fraction of sp³-hybridized carbons (Fsp3) is 1.00. The third kappa shape index (κ3) is 3.76. The molecule has 15 heavy (non-hydrogen) atoms. The number of hydrogen-bond donors (Lipinski definition) is 2. The maximum atomic E-state index is 5.91. The van der Waals surface area contributed by atoms with Crippen LogP contribution in [-0.2, 0) is 0 Å². The molecule has 0 amide bonds. The van der Waals surface area contributed by atoms with Crippen molar-refractivity contribution in [2.24, 2.45) is 11.7 Å². The van der Waals surface area contributed by atoms with Gasteiger partial charge in [-0.3, -0.25) is 0 Å². The highest BCUT2D eigenvalue weighted by atomic mass is 14.9. The molecule has 2 aliphatic carbocycles. The van der Waals surface area contributed by atoms with E-state index in [-0.39, 0.29) is 0 Å². The Morgan fingerprint density at radius 2 is 1.87 bits per heavy atom. The molecule has 2 saturated carbocycles. The summed E-state index contributed by atoms with van der Waals surface area (Å²) in [5, 5.41) is 3.69. The van der Waals surface area contributed by atoms with Crippen molar-refractivity contribution in [3.05, 3.63) is 0 Å². The van der Waals surface area contributed by atoms with Crippen molar-refractivity contribution >= 4 is 0 Å². The second-order valence-corrected chi connectivity index (χ2v) is 5.52. The van der Waals surface area contributed by atoms with Crippen LogP contribution in [0.15, 0.2) is 0 Å². The zero-order chi connectivity index (χ0) is 10.5. The van der Waals surface area contributed by atoms with Crippen LogP contribution in [0.25, 0.3) is 0 Å². The predicted octanol–water partition coefficient (Wildman–Crippen LogP) is 2.43. The van der Waals surface area contributed by atoms with E-state index in [1.807, 2.05) is 0 Å². The van der Waals surface area contributed by atoms with Crippen LogP contribution >= 0.6 is 0 Å². The van der Waals surface area contributed by atoms with Gasteiger partial charge in [0.2, 0.25) is 0 Å². The normalized spacial score (nSPS) is 32.6. The Hall–Kier alpha value is -0.0800. The summed E-state index contributed by atoms with van der Waals surface area (Å²) in [6, 6.07) is 1.36. The van der Waals surface area contributed by atoms with Crippen molar-refractivity contribution in [2.45, 2.75) is 69.9 Å². The largest absolute Gasteiger partial charge is 0.328 e. The van der Waals surface area contributed by atoms with E-state index >= 15 is 0 Å². The molecule has 0 aromatic rings. The number of hydrogen-bond acceptors (Lipinski definition) is 2. The first-order chi connectivity index (χ1) is 7.34. The molecule has 0 aromatic carbocycles. The summed E-state index contributed by atoms with van der Waals surface area (Å²) in [4.78, 5) is 0. The van der Waals surface area contributed by atoms with Crippen LogP contribution in [0.5, 0.6) is 0 Å². The first-order valence-electron chi connectivity index (χ1n) is 6.83. The van der Waals surface area contributed by atoms with Crippen LogP contribution in [-0.4, -0.2) is 18.6 Å². The molecule has 0 spiro atoms. The molecule has 0 bridgehead atoms. The second kappa shape index (κ2) is 5.86. The molecular weight excluding hydrogens is 184 g/mol. The summed E-state index contributed by atoms with van der Waals surface area (Å²) in [5.74, 6) is 0.936. The highest BCUT2D eigenvalue weighted by Gasteiger charge is 2.21. The lowest BCUT2D eigenvalue weighted by Gasteiger charge is -2.13. The van der Waals surface area contributed by atoms with Gasteiger partial charge < -0.3 is 11.1 Å². The fourth-order valence-corrected chi connectivity index (χ4v) is 3.20. The zero-order valence-electron chi connectivity index (χ0n) is 9.88. The zero-order valence-corrected chi connectivity index (χ0v) is 9.88. The maximum Gasteiger partial charge on any atom is 0.00670 e. The van der Waals surface area contributed by atoms with Crippen LogP contribution in [0.4, 0.5) is 0 Å². The van der Waals surface area contributed by atoms with Gasteiger partial charge in [-0.1, -0.05) is 12.8 Å². The Balaban J connectivity index is 1.48.